The number of rotatable bonds is 5. The molecule has 1 aliphatic carbocycles. The molecule has 2 nitrogen and oxygen atoms in total. The summed E-state index contributed by atoms with van der Waals surface area (Å²) < 4.78 is 5.55. The third-order valence-electron chi connectivity index (χ3n) is 4.91. The molecule has 106 valence electrons. The highest BCUT2D eigenvalue weighted by molar-refractivity contribution is 7.10. The van der Waals surface area contributed by atoms with Crippen molar-refractivity contribution in [2.75, 3.05) is 26.3 Å². The third kappa shape index (κ3) is 2.61. The molecule has 1 spiro atoms. The molecule has 1 aliphatic heterocycles. The molecule has 2 heterocycles. The highest BCUT2D eigenvalue weighted by atomic mass is 32.1. The molecule has 0 bridgehead atoms. The number of thiophene rings is 1. The summed E-state index contributed by atoms with van der Waals surface area (Å²) in [5.41, 5.74) is 1.01. The third-order valence-corrected chi connectivity index (χ3v) is 6.03. The first-order valence-corrected chi connectivity index (χ1v) is 8.49. The van der Waals surface area contributed by atoms with Crippen molar-refractivity contribution in [1.29, 1.82) is 0 Å². The van der Waals surface area contributed by atoms with Crippen LogP contribution in [0.15, 0.2) is 17.5 Å². The Bertz CT molecular complexity index is 387. The molecule has 1 saturated heterocycles. The van der Waals surface area contributed by atoms with E-state index in [-0.39, 0.29) is 0 Å². The zero-order valence-corrected chi connectivity index (χ0v) is 12.7. The molecule has 1 saturated carbocycles. The van der Waals surface area contributed by atoms with Crippen LogP contribution < -0.4 is 5.32 Å². The lowest BCUT2D eigenvalue weighted by atomic mass is 9.49. The van der Waals surface area contributed by atoms with Gasteiger partial charge in [-0.05, 0) is 55.5 Å². The van der Waals surface area contributed by atoms with Crippen molar-refractivity contribution in [2.45, 2.75) is 44.4 Å². The number of hydrogen-bond acceptors (Lipinski definition) is 3. The van der Waals surface area contributed by atoms with Crippen molar-refractivity contribution >= 4 is 11.3 Å². The molecule has 3 rings (SSSR count). The van der Waals surface area contributed by atoms with Gasteiger partial charge in [-0.2, -0.15) is 0 Å². The monoisotopic (exact) mass is 279 g/mol. The Kier molecular flexibility index (Phi) is 3.97. The smallest absolute Gasteiger partial charge is 0.0471 e. The fourth-order valence-electron chi connectivity index (χ4n) is 4.01. The minimum absolute atomic E-state index is 0.417. The molecule has 0 radical (unpaired) electrons. The Morgan fingerprint density at radius 1 is 1.32 bits per heavy atom. The van der Waals surface area contributed by atoms with Crippen molar-refractivity contribution in [3.8, 4) is 0 Å². The van der Waals surface area contributed by atoms with Gasteiger partial charge in [0.1, 0.15) is 0 Å². The molecule has 0 atom stereocenters. The Morgan fingerprint density at radius 3 is 2.74 bits per heavy atom. The van der Waals surface area contributed by atoms with Crippen molar-refractivity contribution in [3.05, 3.63) is 22.4 Å². The summed E-state index contributed by atoms with van der Waals surface area (Å²) in [7, 11) is 0. The first-order valence-electron chi connectivity index (χ1n) is 7.61. The average molecular weight is 279 g/mol. The zero-order chi connectivity index (χ0) is 13.2. The Balaban J connectivity index is 1.69. The summed E-state index contributed by atoms with van der Waals surface area (Å²) in [6, 6.07) is 4.54. The summed E-state index contributed by atoms with van der Waals surface area (Å²) in [5, 5.41) is 5.89. The standard InChI is InChI=1S/C16H25NOS/c1-2-7-17-13-16(14-4-3-10-19-14)11-15(12-16)5-8-18-9-6-15/h3-4,10,17H,2,5-9,11-13H2,1H3. The van der Waals surface area contributed by atoms with Crippen molar-refractivity contribution in [2.24, 2.45) is 5.41 Å². The van der Waals surface area contributed by atoms with Crippen LogP contribution in [0.5, 0.6) is 0 Å². The normalized spacial score (nSPS) is 24.3. The predicted molar refractivity (Wildman–Crippen MR) is 80.9 cm³/mol. The molecule has 0 aromatic carbocycles. The van der Waals surface area contributed by atoms with Gasteiger partial charge >= 0.3 is 0 Å². The molecular weight excluding hydrogens is 254 g/mol. The fraction of sp³-hybridized carbons (Fsp3) is 0.750. The molecule has 2 aliphatic rings. The summed E-state index contributed by atoms with van der Waals surface area (Å²) in [4.78, 5) is 1.59. The van der Waals surface area contributed by atoms with Gasteiger partial charge in [-0.1, -0.05) is 13.0 Å². The van der Waals surface area contributed by atoms with Gasteiger partial charge < -0.3 is 10.1 Å². The van der Waals surface area contributed by atoms with Gasteiger partial charge in [-0.15, -0.1) is 11.3 Å². The van der Waals surface area contributed by atoms with Gasteiger partial charge in [-0.25, -0.2) is 0 Å². The van der Waals surface area contributed by atoms with E-state index in [1.807, 2.05) is 11.3 Å². The fourth-order valence-corrected chi connectivity index (χ4v) is 4.94. The van der Waals surface area contributed by atoms with Crippen LogP contribution in [0, 0.1) is 5.41 Å². The van der Waals surface area contributed by atoms with Crippen LogP contribution in [0.4, 0.5) is 0 Å². The molecule has 1 N–H and O–H groups in total. The van der Waals surface area contributed by atoms with E-state index in [0.29, 0.717) is 10.8 Å². The van der Waals surface area contributed by atoms with Crippen LogP contribution in [0.25, 0.3) is 0 Å². The summed E-state index contributed by atoms with van der Waals surface area (Å²) in [6.45, 7) is 6.49. The van der Waals surface area contributed by atoms with E-state index in [2.05, 4.69) is 29.8 Å². The van der Waals surface area contributed by atoms with Crippen LogP contribution in [0.2, 0.25) is 0 Å². The quantitative estimate of drug-likeness (QED) is 0.832. The van der Waals surface area contributed by atoms with Gasteiger partial charge in [0, 0.05) is 30.1 Å². The number of nitrogens with one attached hydrogen (secondary N) is 1. The minimum Gasteiger partial charge on any atom is -0.381 e. The summed E-state index contributed by atoms with van der Waals surface area (Å²) >= 11 is 1.94. The van der Waals surface area contributed by atoms with Gasteiger partial charge in [0.25, 0.3) is 0 Å². The summed E-state index contributed by atoms with van der Waals surface area (Å²) in [6.07, 6.45) is 6.49. The van der Waals surface area contributed by atoms with Crippen LogP contribution in [0.3, 0.4) is 0 Å². The van der Waals surface area contributed by atoms with Crippen LogP contribution >= 0.6 is 11.3 Å². The molecule has 3 heteroatoms. The van der Waals surface area contributed by atoms with Crippen molar-refractivity contribution in [1.82, 2.24) is 5.32 Å². The lowest BCUT2D eigenvalue weighted by Crippen LogP contribution is -2.56. The van der Waals surface area contributed by atoms with E-state index >= 15 is 0 Å². The zero-order valence-electron chi connectivity index (χ0n) is 11.9. The van der Waals surface area contributed by atoms with Gasteiger partial charge in [0.05, 0.1) is 0 Å². The average Bonchev–Trinajstić information content (AvgIpc) is 2.92. The SMILES string of the molecule is CCCNCC1(c2cccs2)CC2(CCOCC2)C1. The lowest BCUT2D eigenvalue weighted by Gasteiger charge is -2.58. The number of hydrogen-bond donors (Lipinski definition) is 1. The van der Waals surface area contributed by atoms with Gasteiger partial charge in [0.15, 0.2) is 0 Å². The van der Waals surface area contributed by atoms with Crippen LogP contribution in [-0.4, -0.2) is 26.3 Å². The molecule has 2 fully saturated rings. The first kappa shape index (κ1) is 13.6. The predicted octanol–water partition coefficient (Wildman–Crippen LogP) is 3.58. The molecular formula is C16H25NOS. The minimum atomic E-state index is 0.417. The molecule has 1 aromatic heterocycles. The highest BCUT2D eigenvalue weighted by Gasteiger charge is 2.55. The Hall–Kier alpha value is -0.380. The Morgan fingerprint density at radius 2 is 2.11 bits per heavy atom. The molecule has 0 amide bonds. The van der Waals surface area contributed by atoms with Gasteiger partial charge in [0.2, 0.25) is 0 Å². The number of ether oxygens (including phenoxy) is 1. The lowest BCUT2D eigenvalue weighted by molar-refractivity contribution is -0.0725. The maximum absolute atomic E-state index is 5.55. The van der Waals surface area contributed by atoms with E-state index in [1.165, 1.54) is 32.1 Å². The van der Waals surface area contributed by atoms with Gasteiger partial charge in [-0.3, -0.25) is 0 Å². The second-order valence-electron chi connectivity index (χ2n) is 6.40. The van der Waals surface area contributed by atoms with E-state index in [9.17, 15) is 0 Å². The molecule has 19 heavy (non-hydrogen) atoms. The van der Waals surface area contributed by atoms with Crippen LogP contribution in [0.1, 0.15) is 43.9 Å². The van der Waals surface area contributed by atoms with Crippen molar-refractivity contribution < 1.29 is 4.74 Å². The second-order valence-corrected chi connectivity index (χ2v) is 7.35. The second kappa shape index (κ2) is 5.55. The van der Waals surface area contributed by atoms with E-state index in [1.54, 1.807) is 4.88 Å². The van der Waals surface area contributed by atoms with Crippen LogP contribution in [-0.2, 0) is 10.2 Å². The summed E-state index contributed by atoms with van der Waals surface area (Å²) in [5.74, 6) is 0. The van der Waals surface area contributed by atoms with E-state index < -0.39 is 0 Å². The van der Waals surface area contributed by atoms with E-state index in [4.69, 9.17) is 4.74 Å². The first-order chi connectivity index (χ1) is 9.29. The topological polar surface area (TPSA) is 21.3 Å². The maximum atomic E-state index is 5.55. The largest absolute Gasteiger partial charge is 0.381 e. The molecule has 1 aromatic rings. The maximum Gasteiger partial charge on any atom is 0.0471 e. The highest BCUT2D eigenvalue weighted by Crippen LogP contribution is 2.60. The van der Waals surface area contributed by atoms with E-state index in [0.717, 1.165) is 26.3 Å². The molecule has 0 unspecified atom stereocenters. The van der Waals surface area contributed by atoms with Crippen molar-refractivity contribution in [3.63, 3.8) is 0 Å². The Labute approximate surface area is 120 Å².